The third kappa shape index (κ3) is 6.65. The molecule has 3 rings (SSSR count). The monoisotopic (exact) mass is 519 g/mol. The Hall–Kier alpha value is -3.02. The second-order valence-corrected chi connectivity index (χ2v) is 10.9. The first kappa shape index (κ1) is 28.5. The van der Waals surface area contributed by atoms with Crippen molar-refractivity contribution < 1.29 is 38.9 Å². The highest BCUT2D eigenvalue weighted by atomic mass is 16.6. The predicted octanol–water partition coefficient (Wildman–Crippen LogP) is 0.691. The van der Waals surface area contributed by atoms with Gasteiger partial charge in [-0.25, -0.2) is 4.79 Å². The average molecular weight is 520 g/mol. The van der Waals surface area contributed by atoms with Crippen molar-refractivity contribution in [2.75, 3.05) is 24.7 Å². The fourth-order valence-corrected chi connectivity index (χ4v) is 4.29. The van der Waals surface area contributed by atoms with E-state index < -0.39 is 66.2 Å². The largest absolute Gasteiger partial charge is 0.443 e. The summed E-state index contributed by atoms with van der Waals surface area (Å²) in [6.45, 7) is 7.74. The number of para-hydroxylation sites is 1. The second-order valence-electron chi connectivity index (χ2n) is 10.9. The highest BCUT2D eigenvalue weighted by Crippen LogP contribution is 2.34. The zero-order chi connectivity index (χ0) is 27.5. The molecule has 204 valence electrons. The number of amides is 3. The zero-order valence-electron chi connectivity index (χ0n) is 21.9. The van der Waals surface area contributed by atoms with Gasteiger partial charge in [0.2, 0.25) is 11.8 Å². The van der Waals surface area contributed by atoms with Crippen LogP contribution in [0.1, 0.15) is 46.6 Å². The highest BCUT2D eigenvalue weighted by Gasteiger charge is 2.54. The molecule has 0 spiro atoms. The van der Waals surface area contributed by atoms with Crippen molar-refractivity contribution in [3.8, 4) is 0 Å². The quantitative estimate of drug-likeness (QED) is 0.329. The SMILES string of the molecule is CC(C)C[C@H](NC(=O)[C@H](CO)NC(=O)C1Cc2ccccc2N1C(=O)OC(C)(C)C)C(=O)[C@@]1(CO)CO1. The van der Waals surface area contributed by atoms with Gasteiger partial charge in [0.15, 0.2) is 11.4 Å². The normalized spacial score (nSPS) is 22.2. The summed E-state index contributed by atoms with van der Waals surface area (Å²) in [5.74, 6) is -1.84. The summed E-state index contributed by atoms with van der Waals surface area (Å²) in [5.41, 5.74) is -0.824. The molecular weight excluding hydrogens is 482 g/mol. The number of anilines is 1. The minimum atomic E-state index is -1.37. The van der Waals surface area contributed by atoms with Crippen LogP contribution in [0.4, 0.5) is 10.5 Å². The van der Waals surface area contributed by atoms with Gasteiger partial charge in [0.25, 0.3) is 0 Å². The molecule has 0 bridgehead atoms. The van der Waals surface area contributed by atoms with E-state index in [4.69, 9.17) is 9.47 Å². The summed E-state index contributed by atoms with van der Waals surface area (Å²) >= 11 is 0. The number of ketones is 1. The first-order valence-electron chi connectivity index (χ1n) is 12.4. The molecule has 0 saturated carbocycles. The first-order chi connectivity index (χ1) is 17.3. The van der Waals surface area contributed by atoms with E-state index in [1.165, 1.54) is 4.90 Å². The summed E-state index contributed by atoms with van der Waals surface area (Å²) in [4.78, 5) is 53.5. The van der Waals surface area contributed by atoms with E-state index in [1.807, 2.05) is 13.8 Å². The Morgan fingerprint density at radius 2 is 1.78 bits per heavy atom. The standard InChI is InChI=1S/C26H37N3O8/c1-15(2)10-17(21(32)26(13-31)14-36-26)27-22(33)18(12-30)28-23(34)20-11-16-8-6-7-9-19(16)29(20)24(35)37-25(3,4)5/h6-9,15,17-18,20,30-31H,10-14H2,1-5H3,(H,27,33)(H,28,34)/t17-,18-,20?,26+/m0/s1. The van der Waals surface area contributed by atoms with Crippen LogP contribution in [0.5, 0.6) is 0 Å². The molecule has 0 radical (unpaired) electrons. The van der Waals surface area contributed by atoms with Gasteiger partial charge in [-0.3, -0.25) is 19.3 Å². The Bertz CT molecular complexity index is 1030. The number of carbonyl (C=O) groups excluding carboxylic acids is 4. The van der Waals surface area contributed by atoms with Crippen LogP contribution >= 0.6 is 0 Å². The van der Waals surface area contributed by atoms with Crippen molar-refractivity contribution in [2.24, 2.45) is 5.92 Å². The zero-order valence-corrected chi connectivity index (χ0v) is 21.9. The summed E-state index contributed by atoms with van der Waals surface area (Å²) in [5, 5.41) is 24.6. The molecule has 2 aliphatic heterocycles. The Morgan fingerprint density at radius 3 is 2.32 bits per heavy atom. The highest BCUT2D eigenvalue weighted by molar-refractivity contribution is 6.02. The van der Waals surface area contributed by atoms with E-state index in [9.17, 15) is 29.4 Å². The molecule has 3 amide bonds. The number of hydrogen-bond donors (Lipinski definition) is 4. The molecule has 2 aliphatic rings. The summed E-state index contributed by atoms with van der Waals surface area (Å²) < 4.78 is 10.7. The Labute approximate surface area is 216 Å². The number of Topliss-reactive ketones (excluding diaryl/α,β-unsaturated/α-hetero) is 1. The van der Waals surface area contributed by atoms with Crippen LogP contribution in [0.25, 0.3) is 0 Å². The van der Waals surface area contributed by atoms with Gasteiger partial charge >= 0.3 is 6.09 Å². The number of benzene rings is 1. The molecule has 37 heavy (non-hydrogen) atoms. The van der Waals surface area contributed by atoms with Gasteiger partial charge in [0.05, 0.1) is 31.5 Å². The summed E-state index contributed by atoms with van der Waals surface area (Å²) in [6.07, 6.45) is -0.221. The van der Waals surface area contributed by atoms with Crippen LogP contribution in [0, 0.1) is 5.92 Å². The predicted molar refractivity (Wildman–Crippen MR) is 134 cm³/mol. The van der Waals surface area contributed by atoms with Crippen LogP contribution < -0.4 is 15.5 Å². The number of hydrogen-bond acceptors (Lipinski definition) is 8. The van der Waals surface area contributed by atoms with Crippen molar-refractivity contribution in [3.05, 3.63) is 29.8 Å². The number of aliphatic hydroxyl groups excluding tert-OH is 2. The van der Waals surface area contributed by atoms with Crippen LogP contribution in [0.2, 0.25) is 0 Å². The van der Waals surface area contributed by atoms with Gasteiger partial charge in [0.1, 0.15) is 17.7 Å². The number of aliphatic hydroxyl groups is 2. The molecule has 1 aromatic carbocycles. The Morgan fingerprint density at radius 1 is 1.14 bits per heavy atom. The van der Waals surface area contributed by atoms with Crippen LogP contribution in [0.3, 0.4) is 0 Å². The number of epoxide rings is 1. The molecule has 1 unspecified atom stereocenters. The van der Waals surface area contributed by atoms with Crippen molar-refractivity contribution in [1.29, 1.82) is 0 Å². The van der Waals surface area contributed by atoms with Crippen LogP contribution in [-0.4, -0.2) is 83.1 Å². The minimum absolute atomic E-state index is 0.0327. The second kappa shape index (κ2) is 11.2. The molecular formula is C26H37N3O8. The fourth-order valence-electron chi connectivity index (χ4n) is 4.29. The topological polar surface area (TPSA) is 158 Å². The Balaban J connectivity index is 1.75. The van der Waals surface area contributed by atoms with E-state index >= 15 is 0 Å². The Kier molecular flexibility index (Phi) is 8.61. The number of rotatable bonds is 10. The van der Waals surface area contributed by atoms with Gasteiger partial charge < -0.3 is 30.3 Å². The fraction of sp³-hybridized carbons (Fsp3) is 0.615. The molecule has 1 aromatic rings. The lowest BCUT2D eigenvalue weighted by molar-refractivity contribution is -0.135. The number of nitrogens with one attached hydrogen (secondary N) is 2. The lowest BCUT2D eigenvalue weighted by atomic mass is 9.92. The smallest absolute Gasteiger partial charge is 0.415 e. The van der Waals surface area contributed by atoms with Gasteiger partial charge in [-0.05, 0) is 44.7 Å². The van der Waals surface area contributed by atoms with Gasteiger partial charge in [-0.2, -0.15) is 0 Å². The third-order valence-corrected chi connectivity index (χ3v) is 6.22. The first-order valence-corrected chi connectivity index (χ1v) is 12.4. The van der Waals surface area contributed by atoms with E-state index in [-0.39, 0.29) is 25.4 Å². The van der Waals surface area contributed by atoms with Crippen LogP contribution in [0.15, 0.2) is 24.3 Å². The van der Waals surface area contributed by atoms with Crippen molar-refractivity contribution in [2.45, 2.75) is 76.8 Å². The van der Waals surface area contributed by atoms with Crippen molar-refractivity contribution in [3.63, 3.8) is 0 Å². The molecule has 1 saturated heterocycles. The lowest BCUT2D eigenvalue weighted by Gasteiger charge is -2.29. The van der Waals surface area contributed by atoms with E-state index in [0.29, 0.717) is 5.69 Å². The molecule has 2 heterocycles. The maximum atomic E-state index is 13.3. The van der Waals surface area contributed by atoms with Crippen LogP contribution in [-0.2, 0) is 30.3 Å². The van der Waals surface area contributed by atoms with Crippen molar-refractivity contribution in [1.82, 2.24) is 10.6 Å². The van der Waals surface area contributed by atoms with Gasteiger partial charge in [-0.15, -0.1) is 0 Å². The van der Waals surface area contributed by atoms with Crippen molar-refractivity contribution >= 4 is 29.4 Å². The van der Waals surface area contributed by atoms with Gasteiger partial charge in [0, 0.05) is 6.42 Å². The van der Waals surface area contributed by atoms with E-state index in [1.54, 1.807) is 45.0 Å². The number of fused-ring (bicyclic) bond motifs is 1. The molecule has 1 fully saturated rings. The van der Waals surface area contributed by atoms with E-state index in [0.717, 1.165) is 5.56 Å². The van der Waals surface area contributed by atoms with Gasteiger partial charge in [-0.1, -0.05) is 32.0 Å². The molecule has 0 aliphatic carbocycles. The maximum absolute atomic E-state index is 13.3. The molecule has 0 aromatic heterocycles. The number of ether oxygens (including phenoxy) is 2. The molecule has 11 heteroatoms. The molecule has 4 N–H and O–H groups in total. The maximum Gasteiger partial charge on any atom is 0.415 e. The molecule has 4 atom stereocenters. The molecule has 11 nitrogen and oxygen atoms in total. The lowest BCUT2D eigenvalue weighted by Crippen LogP contribution is -2.58. The minimum Gasteiger partial charge on any atom is -0.443 e. The number of nitrogens with zero attached hydrogens (tertiary/aromatic N) is 1. The third-order valence-electron chi connectivity index (χ3n) is 6.22. The summed E-state index contributed by atoms with van der Waals surface area (Å²) in [7, 11) is 0. The summed E-state index contributed by atoms with van der Waals surface area (Å²) in [6, 6.07) is 3.71. The van der Waals surface area contributed by atoms with E-state index in [2.05, 4.69) is 10.6 Å². The number of carbonyl (C=O) groups is 4. The average Bonchev–Trinajstić information content (AvgIpc) is 3.52.